The second-order valence-corrected chi connectivity index (χ2v) is 7.47. The Morgan fingerprint density at radius 2 is 2.25 bits per heavy atom. The molecule has 3 rings (SSSR count). The van der Waals surface area contributed by atoms with Crippen LogP contribution in [0.25, 0.3) is 0 Å². The number of aromatic nitrogens is 2. The van der Waals surface area contributed by atoms with Gasteiger partial charge in [0, 0.05) is 25.8 Å². The van der Waals surface area contributed by atoms with Gasteiger partial charge in [0.2, 0.25) is 11.0 Å². The van der Waals surface area contributed by atoms with E-state index in [-0.39, 0.29) is 5.91 Å². The molecule has 1 saturated heterocycles. The Labute approximate surface area is 146 Å². The number of rotatable bonds is 5. The smallest absolute Gasteiger partial charge is 0.240 e. The zero-order chi connectivity index (χ0) is 17.1. The summed E-state index contributed by atoms with van der Waals surface area (Å²) in [4.78, 5) is 16.7. The van der Waals surface area contributed by atoms with Crippen LogP contribution in [0.4, 0.5) is 10.8 Å². The van der Waals surface area contributed by atoms with Crippen LogP contribution in [-0.2, 0) is 4.79 Å². The van der Waals surface area contributed by atoms with Crippen molar-refractivity contribution in [3.05, 3.63) is 34.8 Å². The number of aryl methyl sites for hydroxylation is 1. The monoisotopic (exact) mass is 345 g/mol. The molecule has 2 heterocycles. The Hall–Kier alpha value is -1.99. The van der Waals surface area contributed by atoms with Gasteiger partial charge in [-0.25, -0.2) is 0 Å². The topological polar surface area (TPSA) is 61.4 Å². The largest absolute Gasteiger partial charge is 0.378 e. The SMILES string of the molecule is Cc1nnc(NC(=O)CN2CCC[C@H]2c2cccc(N(C)C)c2)s1. The minimum atomic E-state index is -0.0261. The van der Waals surface area contributed by atoms with Crippen LogP contribution >= 0.6 is 11.3 Å². The molecule has 0 unspecified atom stereocenters. The maximum Gasteiger partial charge on any atom is 0.240 e. The van der Waals surface area contributed by atoms with E-state index < -0.39 is 0 Å². The van der Waals surface area contributed by atoms with Crippen molar-refractivity contribution in [3.8, 4) is 0 Å². The predicted molar refractivity (Wildman–Crippen MR) is 97.6 cm³/mol. The number of likely N-dealkylation sites (tertiary alicyclic amines) is 1. The Balaban J connectivity index is 1.67. The molecule has 1 aliphatic heterocycles. The molecule has 1 fully saturated rings. The van der Waals surface area contributed by atoms with Crippen molar-refractivity contribution in [1.82, 2.24) is 15.1 Å². The van der Waals surface area contributed by atoms with E-state index in [0.717, 1.165) is 24.4 Å². The van der Waals surface area contributed by atoms with Crippen LogP contribution in [0, 0.1) is 6.92 Å². The van der Waals surface area contributed by atoms with Crippen LogP contribution in [0.1, 0.15) is 29.5 Å². The molecule has 1 amide bonds. The molecule has 1 N–H and O–H groups in total. The molecule has 1 aromatic heterocycles. The summed E-state index contributed by atoms with van der Waals surface area (Å²) in [5, 5.41) is 12.1. The number of nitrogens with one attached hydrogen (secondary N) is 1. The van der Waals surface area contributed by atoms with Crippen LogP contribution < -0.4 is 10.2 Å². The summed E-state index contributed by atoms with van der Waals surface area (Å²) in [5.74, 6) is -0.0261. The fourth-order valence-electron chi connectivity index (χ4n) is 3.09. The third kappa shape index (κ3) is 3.91. The number of anilines is 2. The van der Waals surface area contributed by atoms with E-state index in [1.807, 2.05) is 21.0 Å². The molecule has 24 heavy (non-hydrogen) atoms. The van der Waals surface area contributed by atoms with Gasteiger partial charge in [-0.15, -0.1) is 10.2 Å². The molecule has 0 bridgehead atoms. The highest BCUT2D eigenvalue weighted by Gasteiger charge is 2.28. The standard InChI is InChI=1S/C17H23N5OS/c1-12-19-20-17(24-12)18-16(23)11-22-9-5-8-15(22)13-6-4-7-14(10-13)21(2)3/h4,6-7,10,15H,5,8-9,11H2,1-3H3,(H,18,20,23)/t15-/m0/s1. The number of hydrogen-bond donors (Lipinski definition) is 1. The molecule has 2 aromatic rings. The third-order valence-electron chi connectivity index (χ3n) is 4.25. The fourth-order valence-corrected chi connectivity index (χ4v) is 3.70. The third-order valence-corrected chi connectivity index (χ3v) is 5.01. The average Bonchev–Trinajstić information content (AvgIpc) is 3.16. The highest BCUT2D eigenvalue weighted by atomic mass is 32.1. The van der Waals surface area contributed by atoms with Crippen molar-refractivity contribution in [2.24, 2.45) is 0 Å². The summed E-state index contributed by atoms with van der Waals surface area (Å²) in [6.07, 6.45) is 2.20. The van der Waals surface area contributed by atoms with Gasteiger partial charge in [-0.1, -0.05) is 23.5 Å². The molecule has 128 valence electrons. The van der Waals surface area contributed by atoms with E-state index in [4.69, 9.17) is 0 Å². The van der Waals surface area contributed by atoms with Gasteiger partial charge < -0.3 is 4.90 Å². The molecule has 1 aliphatic rings. The second-order valence-electron chi connectivity index (χ2n) is 6.29. The number of amides is 1. The molecule has 1 atom stereocenters. The molecular formula is C17H23N5OS. The average molecular weight is 345 g/mol. The van der Waals surface area contributed by atoms with Gasteiger partial charge in [0.25, 0.3) is 0 Å². The quantitative estimate of drug-likeness (QED) is 0.903. The molecule has 0 spiro atoms. The first-order valence-corrected chi connectivity index (χ1v) is 8.96. The number of benzene rings is 1. The fraction of sp³-hybridized carbons (Fsp3) is 0.471. The summed E-state index contributed by atoms with van der Waals surface area (Å²) >= 11 is 1.40. The van der Waals surface area contributed by atoms with E-state index in [9.17, 15) is 4.79 Å². The minimum Gasteiger partial charge on any atom is -0.378 e. The molecule has 0 aliphatic carbocycles. The van der Waals surface area contributed by atoms with E-state index in [2.05, 4.69) is 49.6 Å². The first kappa shape index (κ1) is 16.9. The summed E-state index contributed by atoms with van der Waals surface area (Å²) < 4.78 is 0. The molecule has 0 saturated carbocycles. The van der Waals surface area contributed by atoms with Gasteiger partial charge >= 0.3 is 0 Å². The van der Waals surface area contributed by atoms with E-state index >= 15 is 0 Å². The Morgan fingerprint density at radius 1 is 1.42 bits per heavy atom. The highest BCUT2D eigenvalue weighted by molar-refractivity contribution is 7.15. The summed E-state index contributed by atoms with van der Waals surface area (Å²) in [6, 6.07) is 8.86. The van der Waals surface area contributed by atoms with E-state index in [0.29, 0.717) is 17.7 Å². The van der Waals surface area contributed by atoms with Crippen LogP contribution in [0.2, 0.25) is 0 Å². The lowest BCUT2D eigenvalue weighted by atomic mass is 10.0. The maximum absolute atomic E-state index is 12.3. The summed E-state index contributed by atoms with van der Waals surface area (Å²) in [7, 11) is 4.09. The number of hydrogen-bond acceptors (Lipinski definition) is 6. The zero-order valence-electron chi connectivity index (χ0n) is 14.3. The Bertz CT molecular complexity index is 715. The molecule has 0 radical (unpaired) electrons. The number of nitrogens with zero attached hydrogens (tertiary/aromatic N) is 4. The summed E-state index contributed by atoms with van der Waals surface area (Å²) in [6.45, 7) is 3.20. The van der Waals surface area contributed by atoms with Crippen molar-refractivity contribution < 1.29 is 4.79 Å². The minimum absolute atomic E-state index is 0.0261. The lowest BCUT2D eigenvalue weighted by Crippen LogP contribution is -2.33. The molecule has 6 nitrogen and oxygen atoms in total. The first-order valence-electron chi connectivity index (χ1n) is 8.14. The zero-order valence-corrected chi connectivity index (χ0v) is 15.1. The molecule has 7 heteroatoms. The second kappa shape index (κ2) is 7.27. The molecule has 1 aromatic carbocycles. The maximum atomic E-state index is 12.3. The van der Waals surface area contributed by atoms with E-state index in [1.165, 1.54) is 22.6 Å². The Kier molecular flexibility index (Phi) is 5.11. The van der Waals surface area contributed by atoms with Crippen molar-refractivity contribution in [2.45, 2.75) is 25.8 Å². The van der Waals surface area contributed by atoms with Crippen molar-refractivity contribution >= 4 is 28.1 Å². The lowest BCUT2D eigenvalue weighted by Gasteiger charge is -2.25. The van der Waals surface area contributed by atoms with Crippen molar-refractivity contribution in [2.75, 3.05) is 37.4 Å². The lowest BCUT2D eigenvalue weighted by molar-refractivity contribution is -0.117. The van der Waals surface area contributed by atoms with Gasteiger partial charge in [-0.3, -0.25) is 15.0 Å². The van der Waals surface area contributed by atoms with Crippen molar-refractivity contribution in [1.29, 1.82) is 0 Å². The normalized spacial score (nSPS) is 17.9. The highest BCUT2D eigenvalue weighted by Crippen LogP contribution is 2.33. The van der Waals surface area contributed by atoms with Gasteiger partial charge in [0.1, 0.15) is 5.01 Å². The van der Waals surface area contributed by atoms with Gasteiger partial charge in [-0.05, 0) is 44.0 Å². The molecular weight excluding hydrogens is 322 g/mol. The van der Waals surface area contributed by atoms with Crippen LogP contribution in [-0.4, -0.2) is 48.2 Å². The first-order chi connectivity index (χ1) is 11.5. The predicted octanol–water partition coefficient (Wildman–Crippen LogP) is 2.69. The summed E-state index contributed by atoms with van der Waals surface area (Å²) in [5.41, 5.74) is 2.46. The van der Waals surface area contributed by atoms with Gasteiger partial charge in [0.05, 0.1) is 6.54 Å². The van der Waals surface area contributed by atoms with Crippen LogP contribution in [0.3, 0.4) is 0 Å². The van der Waals surface area contributed by atoms with Crippen molar-refractivity contribution in [3.63, 3.8) is 0 Å². The van der Waals surface area contributed by atoms with Crippen LogP contribution in [0.15, 0.2) is 24.3 Å². The Morgan fingerprint density at radius 3 is 2.96 bits per heavy atom. The number of carbonyl (C=O) groups excluding carboxylic acids is 1. The van der Waals surface area contributed by atoms with Gasteiger partial charge in [0.15, 0.2) is 0 Å². The van der Waals surface area contributed by atoms with Crippen LogP contribution in [0.5, 0.6) is 0 Å². The van der Waals surface area contributed by atoms with Gasteiger partial charge in [-0.2, -0.15) is 0 Å². The number of carbonyl (C=O) groups is 1. The van der Waals surface area contributed by atoms with E-state index in [1.54, 1.807) is 0 Å².